The topological polar surface area (TPSA) is 157 Å². The van der Waals surface area contributed by atoms with Gasteiger partial charge >= 0.3 is 0 Å². The summed E-state index contributed by atoms with van der Waals surface area (Å²) in [5.74, 6) is -1.25. The van der Waals surface area contributed by atoms with Gasteiger partial charge in [-0.3, -0.25) is 24.0 Å². The van der Waals surface area contributed by atoms with E-state index in [9.17, 15) is 24.0 Å². The fraction of sp³-hybridized carbons (Fsp3) is 0.918. The molecular weight excluding hydrogens is 925 g/mol. The number of hydrogen-bond acceptors (Lipinski definition) is 8. The monoisotopic (exact) mass is 1040 g/mol. The molecule has 0 saturated carbocycles. The average Bonchev–Trinajstić information content (AvgIpc) is 3.39. The molecule has 0 aromatic rings. The SMILES string of the molecule is CCCCCCCCCCN(CC(N)=O)C(=O)CN(CCCCCCCCCC)C(=O)CN(CCCCCCCCCC)C(=O)CN(CCCCCCCCCC)C(=O)CCCCCN1CCN(CCCN)CC1. The van der Waals surface area contributed by atoms with Gasteiger partial charge in [0.2, 0.25) is 29.5 Å². The summed E-state index contributed by atoms with van der Waals surface area (Å²) >= 11 is 0. The smallest absolute Gasteiger partial charge is 0.242 e. The number of rotatable bonds is 53. The quantitative estimate of drug-likeness (QED) is 0.0570. The Labute approximate surface area is 456 Å². The van der Waals surface area contributed by atoms with Crippen molar-refractivity contribution in [3.05, 3.63) is 0 Å². The molecule has 1 rings (SSSR count). The molecule has 1 aliphatic rings. The fourth-order valence-electron chi connectivity index (χ4n) is 10.4. The summed E-state index contributed by atoms with van der Waals surface area (Å²) in [6.45, 7) is 17.5. The summed E-state index contributed by atoms with van der Waals surface area (Å²) in [5, 5.41) is 0. The summed E-state index contributed by atoms with van der Waals surface area (Å²) in [6.07, 6.45) is 40.2. The van der Waals surface area contributed by atoms with Crippen molar-refractivity contribution in [1.29, 1.82) is 0 Å². The van der Waals surface area contributed by atoms with Crippen LogP contribution in [0.15, 0.2) is 0 Å². The molecule has 0 aromatic heterocycles. The normalized spacial score (nSPS) is 13.1. The molecule has 0 aromatic carbocycles. The van der Waals surface area contributed by atoms with Gasteiger partial charge in [-0.1, -0.05) is 214 Å². The molecule has 1 heterocycles. The van der Waals surface area contributed by atoms with Gasteiger partial charge < -0.3 is 40.9 Å². The van der Waals surface area contributed by atoms with Crippen molar-refractivity contribution >= 4 is 29.5 Å². The van der Waals surface area contributed by atoms with Crippen molar-refractivity contribution in [3.8, 4) is 0 Å². The van der Waals surface area contributed by atoms with Crippen LogP contribution in [0.2, 0.25) is 0 Å². The van der Waals surface area contributed by atoms with Gasteiger partial charge in [0.15, 0.2) is 0 Å². The van der Waals surface area contributed by atoms with Crippen molar-refractivity contribution in [3.63, 3.8) is 0 Å². The van der Waals surface area contributed by atoms with Gasteiger partial charge in [0.05, 0.1) is 26.2 Å². The summed E-state index contributed by atoms with van der Waals surface area (Å²) < 4.78 is 0. The van der Waals surface area contributed by atoms with Crippen LogP contribution in [0.4, 0.5) is 0 Å². The van der Waals surface area contributed by atoms with E-state index in [-0.39, 0.29) is 49.8 Å². The first-order chi connectivity index (χ1) is 36.1. The molecule has 434 valence electrons. The third kappa shape index (κ3) is 38.7. The molecule has 0 bridgehead atoms. The van der Waals surface area contributed by atoms with Crippen molar-refractivity contribution in [2.24, 2.45) is 11.5 Å². The zero-order chi connectivity index (χ0) is 54.1. The second-order valence-corrected chi connectivity index (χ2v) is 22.3. The van der Waals surface area contributed by atoms with Crippen LogP contribution in [0.25, 0.3) is 0 Å². The Morgan fingerprint density at radius 3 is 0.878 bits per heavy atom. The van der Waals surface area contributed by atoms with Crippen LogP contribution in [0.3, 0.4) is 0 Å². The lowest BCUT2D eigenvalue weighted by atomic mass is 10.1. The highest BCUT2D eigenvalue weighted by atomic mass is 16.2. The molecule has 0 atom stereocenters. The minimum absolute atomic E-state index is 0.0288. The summed E-state index contributed by atoms with van der Waals surface area (Å²) in [7, 11) is 0. The summed E-state index contributed by atoms with van der Waals surface area (Å²) in [6, 6.07) is 0. The molecular formula is C61H120N8O5. The van der Waals surface area contributed by atoms with Gasteiger partial charge in [0.1, 0.15) is 0 Å². The van der Waals surface area contributed by atoms with Gasteiger partial charge in [-0.05, 0) is 64.6 Å². The Morgan fingerprint density at radius 2 is 0.581 bits per heavy atom. The predicted molar refractivity (Wildman–Crippen MR) is 311 cm³/mol. The number of nitrogens with zero attached hydrogens (tertiary/aromatic N) is 6. The standard InChI is InChI=1S/C61H120N8O5/c1-5-9-13-17-21-25-29-36-45-66(53-57(63)70)59(72)55-68(47-38-31-27-23-19-15-11-7-3)61(74)56-69(48-39-32-28-24-20-16-12-8-4)60(73)54-67(46-37-30-26-22-18-14-10-6-2)58(71)41-34-33-35-43-64-49-51-65(52-50-64)44-40-42-62/h5-56,62H2,1-4H3,(H2,63,70). The highest BCUT2D eigenvalue weighted by molar-refractivity contribution is 5.91. The van der Waals surface area contributed by atoms with Crippen LogP contribution in [0, 0.1) is 0 Å². The maximum absolute atomic E-state index is 14.6. The Balaban J connectivity index is 3.23. The molecule has 1 fully saturated rings. The van der Waals surface area contributed by atoms with E-state index in [2.05, 4.69) is 37.5 Å². The highest BCUT2D eigenvalue weighted by Crippen LogP contribution is 2.16. The van der Waals surface area contributed by atoms with Crippen LogP contribution in [-0.2, 0) is 24.0 Å². The first-order valence-corrected chi connectivity index (χ1v) is 31.6. The second kappa shape index (κ2) is 49.8. The molecule has 0 spiro atoms. The lowest BCUT2D eigenvalue weighted by Crippen LogP contribution is -2.50. The molecule has 5 amide bonds. The lowest BCUT2D eigenvalue weighted by molar-refractivity contribution is -0.146. The van der Waals surface area contributed by atoms with Gasteiger partial charge in [0.25, 0.3) is 0 Å². The van der Waals surface area contributed by atoms with Crippen molar-refractivity contribution in [1.82, 2.24) is 29.4 Å². The minimum Gasteiger partial charge on any atom is -0.368 e. The predicted octanol–water partition coefficient (Wildman–Crippen LogP) is 11.9. The number of unbranched alkanes of at least 4 members (excludes halogenated alkanes) is 30. The average molecular weight is 1050 g/mol. The van der Waals surface area contributed by atoms with Gasteiger partial charge in [0, 0.05) is 58.8 Å². The number of primary amides is 1. The van der Waals surface area contributed by atoms with E-state index in [1.807, 2.05) is 0 Å². The Kier molecular flexibility index (Phi) is 46.6. The maximum atomic E-state index is 14.6. The zero-order valence-electron chi connectivity index (χ0n) is 49.1. The van der Waals surface area contributed by atoms with Gasteiger partial charge in [-0.2, -0.15) is 0 Å². The summed E-state index contributed by atoms with van der Waals surface area (Å²) in [5.41, 5.74) is 11.4. The number of piperazine rings is 1. The van der Waals surface area contributed by atoms with Crippen molar-refractivity contribution in [2.75, 3.05) is 98.2 Å². The van der Waals surface area contributed by atoms with E-state index in [1.54, 1.807) is 14.7 Å². The number of amides is 5. The number of carbonyl (C=O) groups is 5. The first-order valence-electron chi connectivity index (χ1n) is 31.6. The fourth-order valence-corrected chi connectivity index (χ4v) is 10.4. The molecule has 1 aliphatic heterocycles. The first kappa shape index (κ1) is 69.2. The van der Waals surface area contributed by atoms with Crippen molar-refractivity contribution < 1.29 is 24.0 Å². The largest absolute Gasteiger partial charge is 0.368 e. The lowest BCUT2D eigenvalue weighted by Gasteiger charge is -2.34. The maximum Gasteiger partial charge on any atom is 0.242 e. The van der Waals surface area contributed by atoms with Crippen LogP contribution in [0.1, 0.15) is 265 Å². The third-order valence-corrected chi connectivity index (χ3v) is 15.4. The van der Waals surface area contributed by atoms with E-state index >= 15 is 0 Å². The van der Waals surface area contributed by atoms with E-state index in [1.165, 1.54) is 120 Å². The Bertz CT molecular complexity index is 1360. The van der Waals surface area contributed by atoms with Crippen molar-refractivity contribution in [2.45, 2.75) is 265 Å². The Hall–Kier alpha value is -2.77. The molecule has 4 N–H and O–H groups in total. The van der Waals surface area contributed by atoms with Crippen LogP contribution >= 0.6 is 0 Å². The van der Waals surface area contributed by atoms with E-state index < -0.39 is 5.91 Å². The molecule has 13 nitrogen and oxygen atoms in total. The molecule has 0 radical (unpaired) electrons. The molecule has 0 aliphatic carbocycles. The number of carbonyl (C=O) groups excluding carboxylic acids is 5. The van der Waals surface area contributed by atoms with E-state index in [0.717, 1.165) is 161 Å². The third-order valence-electron chi connectivity index (χ3n) is 15.4. The molecule has 74 heavy (non-hydrogen) atoms. The highest BCUT2D eigenvalue weighted by Gasteiger charge is 2.27. The van der Waals surface area contributed by atoms with Crippen LogP contribution in [-0.4, -0.2) is 157 Å². The minimum atomic E-state index is -0.560. The zero-order valence-corrected chi connectivity index (χ0v) is 49.1. The Morgan fingerprint density at radius 1 is 0.324 bits per heavy atom. The van der Waals surface area contributed by atoms with Gasteiger partial charge in [-0.15, -0.1) is 0 Å². The van der Waals surface area contributed by atoms with Crippen LogP contribution in [0.5, 0.6) is 0 Å². The van der Waals surface area contributed by atoms with E-state index in [0.29, 0.717) is 32.6 Å². The van der Waals surface area contributed by atoms with E-state index in [4.69, 9.17) is 11.5 Å². The number of hydrogen-bond donors (Lipinski definition) is 2. The van der Waals surface area contributed by atoms with Crippen LogP contribution < -0.4 is 11.5 Å². The molecule has 13 heteroatoms. The van der Waals surface area contributed by atoms with Gasteiger partial charge in [-0.25, -0.2) is 0 Å². The summed E-state index contributed by atoms with van der Waals surface area (Å²) in [4.78, 5) is 81.5. The number of nitrogens with two attached hydrogens (primary N) is 2. The molecule has 0 unspecified atom stereocenters. The second-order valence-electron chi connectivity index (χ2n) is 22.3. The molecule has 1 saturated heterocycles.